The largest absolute Gasteiger partial charge is 0.481 e. The molecule has 1 fully saturated rings. The summed E-state index contributed by atoms with van der Waals surface area (Å²) in [7, 11) is 0. The van der Waals surface area contributed by atoms with Crippen molar-refractivity contribution < 1.29 is 14.7 Å². The number of amides is 1. The fraction of sp³-hybridized carbons (Fsp3) is 0.281. The van der Waals surface area contributed by atoms with Crippen LogP contribution in [0.25, 0.3) is 11.3 Å². The highest BCUT2D eigenvalue weighted by Gasteiger charge is 2.19. The molecule has 0 atom stereocenters. The molecule has 1 amide bonds. The van der Waals surface area contributed by atoms with E-state index in [2.05, 4.69) is 39.9 Å². The number of nitrogens with one attached hydrogen (secondary N) is 1. The van der Waals surface area contributed by atoms with Crippen molar-refractivity contribution in [1.82, 2.24) is 10.3 Å². The number of benzene rings is 3. The molecule has 1 aliphatic carbocycles. The van der Waals surface area contributed by atoms with E-state index in [1.165, 1.54) is 37.7 Å². The van der Waals surface area contributed by atoms with E-state index in [0.717, 1.165) is 27.6 Å². The number of thiazole rings is 1. The van der Waals surface area contributed by atoms with Gasteiger partial charge in [0.2, 0.25) is 0 Å². The standard InChI is InChI=1S/C32H32ClN3O3S/c33-27-8-4-7-26(19-27)29-21-40-32(35-29)36(28-15-13-24(14-16-28)23-5-2-1-3-6-23)20-22-9-11-25(12-10-22)31(39)34-18-17-30(37)38/h4,7-16,19,21,23H,1-3,5-6,17-18,20H2,(H,34,39)(H,37,38). The van der Waals surface area contributed by atoms with Gasteiger partial charge in [-0.05, 0) is 66.3 Å². The number of aromatic nitrogens is 1. The second-order valence-electron chi connectivity index (χ2n) is 10.1. The first-order chi connectivity index (χ1) is 19.5. The molecular weight excluding hydrogens is 542 g/mol. The van der Waals surface area contributed by atoms with Gasteiger partial charge in [-0.25, -0.2) is 4.98 Å². The van der Waals surface area contributed by atoms with Crippen molar-refractivity contribution in [3.05, 3.63) is 99.9 Å². The number of carbonyl (C=O) groups is 2. The monoisotopic (exact) mass is 573 g/mol. The number of carboxylic acids is 1. The lowest BCUT2D eigenvalue weighted by Gasteiger charge is -2.25. The zero-order valence-corrected chi connectivity index (χ0v) is 23.8. The van der Waals surface area contributed by atoms with Crippen molar-refractivity contribution in [2.45, 2.75) is 51.0 Å². The van der Waals surface area contributed by atoms with Crippen LogP contribution >= 0.6 is 22.9 Å². The predicted molar refractivity (Wildman–Crippen MR) is 162 cm³/mol. The van der Waals surface area contributed by atoms with Crippen molar-refractivity contribution in [2.75, 3.05) is 11.4 Å². The summed E-state index contributed by atoms with van der Waals surface area (Å²) in [4.78, 5) is 30.3. The van der Waals surface area contributed by atoms with Gasteiger partial charge < -0.3 is 15.3 Å². The third kappa shape index (κ3) is 7.09. The Hall–Kier alpha value is -3.68. The third-order valence-electron chi connectivity index (χ3n) is 7.31. The van der Waals surface area contributed by atoms with Crippen LogP contribution in [0, 0.1) is 0 Å². The van der Waals surface area contributed by atoms with E-state index in [4.69, 9.17) is 21.7 Å². The Kier molecular flexibility index (Phi) is 9.14. The van der Waals surface area contributed by atoms with Crippen LogP contribution < -0.4 is 10.2 Å². The molecule has 1 aromatic heterocycles. The van der Waals surface area contributed by atoms with E-state index in [0.29, 0.717) is 23.0 Å². The van der Waals surface area contributed by atoms with Crippen LogP contribution in [-0.2, 0) is 11.3 Å². The number of carbonyl (C=O) groups excluding carboxylic acids is 1. The number of carboxylic acid groups (broad SMARTS) is 1. The minimum absolute atomic E-state index is 0.0968. The van der Waals surface area contributed by atoms with E-state index >= 15 is 0 Å². The Bertz CT molecular complexity index is 1450. The summed E-state index contributed by atoms with van der Waals surface area (Å²) in [6, 6.07) is 24.0. The quantitative estimate of drug-likeness (QED) is 0.200. The minimum atomic E-state index is -0.941. The van der Waals surface area contributed by atoms with Gasteiger partial charge in [-0.15, -0.1) is 11.3 Å². The number of hydrogen-bond acceptors (Lipinski definition) is 5. The van der Waals surface area contributed by atoms with Crippen LogP contribution in [0.1, 0.15) is 65.9 Å². The summed E-state index contributed by atoms with van der Waals surface area (Å²) in [6.07, 6.45) is 6.35. The first kappa shape index (κ1) is 27.9. The molecule has 1 heterocycles. The lowest BCUT2D eigenvalue weighted by atomic mass is 9.84. The molecule has 6 nitrogen and oxygen atoms in total. The SMILES string of the molecule is O=C(O)CCNC(=O)c1ccc(CN(c2ccc(C3CCCCC3)cc2)c2nc(-c3cccc(Cl)c3)cs2)cc1. The second-order valence-corrected chi connectivity index (χ2v) is 11.4. The maximum absolute atomic E-state index is 12.4. The van der Waals surface area contributed by atoms with E-state index in [9.17, 15) is 9.59 Å². The summed E-state index contributed by atoms with van der Waals surface area (Å²) >= 11 is 7.82. The summed E-state index contributed by atoms with van der Waals surface area (Å²) in [5.41, 5.74) is 5.83. The van der Waals surface area contributed by atoms with Crippen molar-refractivity contribution >= 4 is 45.6 Å². The van der Waals surface area contributed by atoms with Gasteiger partial charge in [0.15, 0.2) is 5.13 Å². The average Bonchev–Trinajstić information content (AvgIpc) is 3.47. The number of aliphatic carboxylic acids is 1. The molecule has 206 valence electrons. The summed E-state index contributed by atoms with van der Waals surface area (Å²) in [6.45, 7) is 0.672. The fourth-order valence-electron chi connectivity index (χ4n) is 5.13. The highest BCUT2D eigenvalue weighted by Crippen LogP contribution is 2.37. The maximum atomic E-state index is 12.4. The lowest BCUT2D eigenvalue weighted by molar-refractivity contribution is -0.136. The van der Waals surface area contributed by atoms with Crippen molar-refractivity contribution in [1.29, 1.82) is 0 Å². The van der Waals surface area contributed by atoms with E-state index in [1.54, 1.807) is 23.5 Å². The van der Waals surface area contributed by atoms with Gasteiger partial charge in [0.25, 0.3) is 5.91 Å². The lowest BCUT2D eigenvalue weighted by Crippen LogP contribution is -2.26. The fourth-order valence-corrected chi connectivity index (χ4v) is 6.17. The molecule has 40 heavy (non-hydrogen) atoms. The first-order valence-corrected chi connectivity index (χ1v) is 14.9. The van der Waals surface area contributed by atoms with Crippen molar-refractivity contribution in [3.8, 4) is 11.3 Å². The predicted octanol–water partition coefficient (Wildman–Crippen LogP) is 8.05. The third-order valence-corrected chi connectivity index (χ3v) is 8.40. The Balaban J connectivity index is 1.38. The van der Waals surface area contributed by atoms with Crippen LogP contribution in [0.3, 0.4) is 0 Å². The molecule has 0 radical (unpaired) electrons. The summed E-state index contributed by atoms with van der Waals surface area (Å²) < 4.78 is 0. The van der Waals surface area contributed by atoms with Gasteiger partial charge in [0.1, 0.15) is 0 Å². The molecule has 4 aromatic rings. The Morgan fingerprint density at radius 2 is 1.75 bits per heavy atom. The average molecular weight is 574 g/mol. The summed E-state index contributed by atoms with van der Waals surface area (Å²) in [5.74, 6) is -0.586. The topological polar surface area (TPSA) is 82.5 Å². The van der Waals surface area contributed by atoms with Crippen LogP contribution in [0.2, 0.25) is 5.02 Å². The molecule has 0 saturated heterocycles. The summed E-state index contributed by atoms with van der Waals surface area (Å²) in [5, 5.41) is 15.0. The number of anilines is 2. The zero-order valence-electron chi connectivity index (χ0n) is 22.2. The molecule has 1 aliphatic rings. The maximum Gasteiger partial charge on any atom is 0.305 e. The molecular formula is C32H32ClN3O3S. The molecule has 3 aromatic carbocycles. The highest BCUT2D eigenvalue weighted by atomic mass is 35.5. The van der Waals surface area contributed by atoms with Gasteiger partial charge in [0.05, 0.1) is 18.7 Å². The number of rotatable bonds is 10. The van der Waals surface area contributed by atoms with Crippen LogP contribution in [0.15, 0.2) is 78.2 Å². The Morgan fingerprint density at radius 3 is 2.45 bits per heavy atom. The molecule has 0 spiro atoms. The Labute approximate surface area is 243 Å². The molecule has 2 N–H and O–H groups in total. The van der Waals surface area contributed by atoms with Gasteiger partial charge in [-0.3, -0.25) is 9.59 Å². The number of hydrogen-bond donors (Lipinski definition) is 2. The molecule has 1 saturated carbocycles. The molecule has 0 aliphatic heterocycles. The minimum Gasteiger partial charge on any atom is -0.481 e. The highest BCUT2D eigenvalue weighted by molar-refractivity contribution is 7.14. The molecule has 8 heteroatoms. The van der Waals surface area contributed by atoms with E-state index in [1.807, 2.05) is 36.4 Å². The molecule has 5 rings (SSSR count). The van der Waals surface area contributed by atoms with Crippen LogP contribution in [0.5, 0.6) is 0 Å². The molecule has 0 bridgehead atoms. The van der Waals surface area contributed by atoms with E-state index < -0.39 is 5.97 Å². The van der Waals surface area contributed by atoms with Gasteiger partial charge in [0, 0.05) is 33.8 Å². The smallest absolute Gasteiger partial charge is 0.305 e. The molecule has 0 unspecified atom stereocenters. The number of nitrogens with zero attached hydrogens (tertiary/aromatic N) is 2. The second kappa shape index (κ2) is 13.1. The first-order valence-electron chi connectivity index (χ1n) is 13.6. The van der Waals surface area contributed by atoms with E-state index in [-0.39, 0.29) is 18.9 Å². The van der Waals surface area contributed by atoms with Crippen LogP contribution in [0.4, 0.5) is 10.8 Å². The van der Waals surface area contributed by atoms with Gasteiger partial charge in [-0.1, -0.05) is 67.3 Å². The van der Waals surface area contributed by atoms with Crippen LogP contribution in [-0.4, -0.2) is 28.5 Å². The number of halogens is 1. The zero-order chi connectivity index (χ0) is 27.9. The van der Waals surface area contributed by atoms with Crippen molar-refractivity contribution in [3.63, 3.8) is 0 Å². The van der Waals surface area contributed by atoms with Crippen molar-refractivity contribution in [2.24, 2.45) is 0 Å². The van der Waals surface area contributed by atoms with Gasteiger partial charge >= 0.3 is 5.97 Å². The Morgan fingerprint density at radius 1 is 1.00 bits per heavy atom. The normalized spacial score (nSPS) is 13.6. The van der Waals surface area contributed by atoms with Gasteiger partial charge in [-0.2, -0.15) is 0 Å².